The van der Waals surface area contributed by atoms with E-state index in [4.69, 9.17) is 5.73 Å². The van der Waals surface area contributed by atoms with Crippen LogP contribution in [0.25, 0.3) is 0 Å². The van der Waals surface area contributed by atoms with E-state index in [-0.39, 0.29) is 0 Å². The second-order valence-corrected chi connectivity index (χ2v) is 5.17. The Balaban J connectivity index is 1.72. The highest BCUT2D eigenvalue weighted by Crippen LogP contribution is 2.30. The van der Waals surface area contributed by atoms with Gasteiger partial charge in [0, 0.05) is 12.5 Å². The lowest BCUT2D eigenvalue weighted by Gasteiger charge is -2.24. The van der Waals surface area contributed by atoms with Gasteiger partial charge in [0.1, 0.15) is 0 Å². The Labute approximate surface area is 87.0 Å². The molecule has 2 aliphatic rings. The highest BCUT2D eigenvalue weighted by molar-refractivity contribution is 5.84. The molecule has 2 N–H and O–H groups in total. The first-order valence-corrected chi connectivity index (χ1v) is 6.05. The van der Waals surface area contributed by atoms with E-state index in [1.165, 1.54) is 38.5 Å². The molecule has 0 atom stereocenters. The molecular formula is C12H22N2. The number of hydrogen-bond acceptors (Lipinski definition) is 1. The van der Waals surface area contributed by atoms with Crippen molar-refractivity contribution in [3.8, 4) is 0 Å². The van der Waals surface area contributed by atoms with E-state index in [1.807, 2.05) is 0 Å². The SMILES string of the molecule is CC1CCC(CN=C(N)C2CC2)CC1. The van der Waals surface area contributed by atoms with Crippen LogP contribution in [0.5, 0.6) is 0 Å². The summed E-state index contributed by atoms with van der Waals surface area (Å²) in [6.07, 6.45) is 8.06. The van der Waals surface area contributed by atoms with Gasteiger partial charge in [-0.1, -0.05) is 19.8 Å². The van der Waals surface area contributed by atoms with Crippen molar-refractivity contribution in [3.63, 3.8) is 0 Å². The van der Waals surface area contributed by atoms with Crippen LogP contribution in [0.4, 0.5) is 0 Å². The summed E-state index contributed by atoms with van der Waals surface area (Å²) in [5, 5.41) is 0. The van der Waals surface area contributed by atoms with Gasteiger partial charge in [-0.2, -0.15) is 0 Å². The standard InChI is InChI=1S/C12H22N2/c1-9-2-4-10(5-3-9)8-14-12(13)11-6-7-11/h9-11H,2-8H2,1H3,(H2,13,14). The van der Waals surface area contributed by atoms with Gasteiger partial charge in [-0.3, -0.25) is 4.99 Å². The Bertz CT molecular complexity index is 210. The lowest BCUT2D eigenvalue weighted by atomic mass is 9.83. The van der Waals surface area contributed by atoms with Crippen LogP contribution >= 0.6 is 0 Å². The average Bonchev–Trinajstić information content (AvgIpc) is 3.00. The normalized spacial score (nSPS) is 34.5. The van der Waals surface area contributed by atoms with Crippen molar-refractivity contribution in [1.29, 1.82) is 0 Å². The van der Waals surface area contributed by atoms with E-state index in [9.17, 15) is 0 Å². The summed E-state index contributed by atoms with van der Waals surface area (Å²) >= 11 is 0. The van der Waals surface area contributed by atoms with Gasteiger partial charge < -0.3 is 5.73 Å². The number of aliphatic imine (C=N–C) groups is 1. The van der Waals surface area contributed by atoms with Crippen molar-refractivity contribution < 1.29 is 0 Å². The summed E-state index contributed by atoms with van der Waals surface area (Å²) in [7, 11) is 0. The molecule has 0 aromatic carbocycles. The Morgan fingerprint density at radius 3 is 2.36 bits per heavy atom. The maximum Gasteiger partial charge on any atom is 0.0968 e. The third kappa shape index (κ3) is 2.73. The van der Waals surface area contributed by atoms with Gasteiger partial charge in [-0.05, 0) is 37.5 Å². The molecule has 2 saturated carbocycles. The second-order valence-electron chi connectivity index (χ2n) is 5.17. The Kier molecular flexibility index (Phi) is 3.09. The highest BCUT2D eigenvalue weighted by atomic mass is 14.9. The van der Waals surface area contributed by atoms with E-state index in [0.29, 0.717) is 5.92 Å². The van der Waals surface area contributed by atoms with Gasteiger partial charge in [0.25, 0.3) is 0 Å². The predicted octanol–water partition coefficient (Wildman–Crippen LogP) is 2.58. The molecule has 2 aliphatic carbocycles. The fraction of sp³-hybridized carbons (Fsp3) is 0.917. The van der Waals surface area contributed by atoms with Gasteiger partial charge in [-0.25, -0.2) is 0 Å². The van der Waals surface area contributed by atoms with Gasteiger partial charge in [-0.15, -0.1) is 0 Å². The number of hydrogen-bond donors (Lipinski definition) is 1. The fourth-order valence-corrected chi connectivity index (χ4v) is 2.25. The molecule has 0 aromatic heterocycles. The predicted molar refractivity (Wildman–Crippen MR) is 60.3 cm³/mol. The smallest absolute Gasteiger partial charge is 0.0968 e. The van der Waals surface area contributed by atoms with Crippen molar-refractivity contribution in [2.24, 2.45) is 28.5 Å². The molecule has 0 saturated heterocycles. The van der Waals surface area contributed by atoms with Crippen LogP contribution in [0.15, 0.2) is 4.99 Å². The average molecular weight is 194 g/mol. The third-order valence-corrected chi connectivity index (χ3v) is 3.66. The molecule has 80 valence electrons. The van der Waals surface area contributed by atoms with Crippen LogP contribution in [0, 0.1) is 17.8 Å². The van der Waals surface area contributed by atoms with Crippen LogP contribution in [0.3, 0.4) is 0 Å². The molecule has 2 fully saturated rings. The number of nitrogens with zero attached hydrogens (tertiary/aromatic N) is 1. The minimum Gasteiger partial charge on any atom is -0.387 e. The van der Waals surface area contributed by atoms with Crippen LogP contribution in [-0.2, 0) is 0 Å². The Hall–Kier alpha value is -0.530. The molecule has 2 rings (SSSR count). The van der Waals surface area contributed by atoms with Crippen LogP contribution < -0.4 is 5.73 Å². The van der Waals surface area contributed by atoms with E-state index < -0.39 is 0 Å². The molecule has 0 unspecified atom stereocenters. The van der Waals surface area contributed by atoms with E-state index >= 15 is 0 Å². The lowest BCUT2D eigenvalue weighted by molar-refractivity contribution is 0.296. The molecule has 0 heterocycles. The Morgan fingerprint density at radius 1 is 1.14 bits per heavy atom. The van der Waals surface area contributed by atoms with E-state index in [0.717, 1.165) is 24.2 Å². The van der Waals surface area contributed by atoms with Crippen molar-refractivity contribution >= 4 is 5.84 Å². The van der Waals surface area contributed by atoms with Crippen LogP contribution in [0.2, 0.25) is 0 Å². The maximum atomic E-state index is 5.87. The van der Waals surface area contributed by atoms with Gasteiger partial charge in [0.2, 0.25) is 0 Å². The van der Waals surface area contributed by atoms with Gasteiger partial charge in [0.15, 0.2) is 0 Å². The molecule has 0 radical (unpaired) electrons. The first-order valence-electron chi connectivity index (χ1n) is 6.05. The summed E-state index contributed by atoms with van der Waals surface area (Å²) < 4.78 is 0. The summed E-state index contributed by atoms with van der Waals surface area (Å²) in [6, 6.07) is 0. The zero-order valence-electron chi connectivity index (χ0n) is 9.21. The molecule has 2 nitrogen and oxygen atoms in total. The van der Waals surface area contributed by atoms with Crippen molar-refractivity contribution in [2.45, 2.75) is 45.4 Å². The zero-order valence-corrected chi connectivity index (χ0v) is 9.21. The van der Waals surface area contributed by atoms with Crippen molar-refractivity contribution in [2.75, 3.05) is 6.54 Å². The molecule has 0 amide bonds. The first-order chi connectivity index (χ1) is 6.75. The largest absolute Gasteiger partial charge is 0.387 e. The molecular weight excluding hydrogens is 172 g/mol. The van der Waals surface area contributed by atoms with Crippen LogP contribution in [-0.4, -0.2) is 12.4 Å². The minimum atomic E-state index is 0.650. The number of amidine groups is 1. The third-order valence-electron chi connectivity index (χ3n) is 3.66. The first kappa shape index (κ1) is 10.0. The van der Waals surface area contributed by atoms with E-state index in [2.05, 4.69) is 11.9 Å². The molecule has 0 bridgehead atoms. The highest BCUT2D eigenvalue weighted by Gasteiger charge is 2.25. The fourth-order valence-electron chi connectivity index (χ4n) is 2.25. The van der Waals surface area contributed by atoms with Crippen LogP contribution in [0.1, 0.15) is 45.4 Å². The molecule has 14 heavy (non-hydrogen) atoms. The van der Waals surface area contributed by atoms with Crippen molar-refractivity contribution in [1.82, 2.24) is 0 Å². The quantitative estimate of drug-likeness (QED) is 0.544. The molecule has 0 aromatic rings. The lowest BCUT2D eigenvalue weighted by Crippen LogP contribution is -2.19. The second kappa shape index (κ2) is 4.33. The molecule has 2 heteroatoms. The van der Waals surface area contributed by atoms with Gasteiger partial charge >= 0.3 is 0 Å². The van der Waals surface area contributed by atoms with Gasteiger partial charge in [0.05, 0.1) is 5.84 Å². The topological polar surface area (TPSA) is 38.4 Å². The molecule has 0 aliphatic heterocycles. The van der Waals surface area contributed by atoms with Crippen molar-refractivity contribution in [3.05, 3.63) is 0 Å². The zero-order chi connectivity index (χ0) is 9.97. The summed E-state index contributed by atoms with van der Waals surface area (Å²) in [5.41, 5.74) is 5.87. The summed E-state index contributed by atoms with van der Waals surface area (Å²) in [6.45, 7) is 3.35. The maximum absolute atomic E-state index is 5.87. The monoisotopic (exact) mass is 194 g/mol. The summed E-state index contributed by atoms with van der Waals surface area (Å²) in [5.74, 6) is 3.35. The number of nitrogens with two attached hydrogens (primary N) is 1. The van der Waals surface area contributed by atoms with E-state index in [1.54, 1.807) is 0 Å². The summed E-state index contributed by atoms with van der Waals surface area (Å²) in [4.78, 5) is 4.53. The Morgan fingerprint density at radius 2 is 1.79 bits per heavy atom. The minimum absolute atomic E-state index is 0.650. The number of rotatable bonds is 3. The molecule has 0 spiro atoms.